The summed E-state index contributed by atoms with van der Waals surface area (Å²) < 4.78 is 6.22. The van der Waals surface area contributed by atoms with Gasteiger partial charge in [0.2, 0.25) is 0 Å². The fourth-order valence-corrected chi connectivity index (χ4v) is 3.95. The Balaban J connectivity index is 2.32. The lowest BCUT2D eigenvalue weighted by atomic mass is 10.2. The number of carboxylic acid groups (broad SMARTS) is 1. The average molecular weight is 387 g/mol. The van der Waals surface area contributed by atoms with Crippen LogP contribution < -0.4 is 5.11 Å². The summed E-state index contributed by atoms with van der Waals surface area (Å²) in [5.41, 5.74) is 0.150. The van der Waals surface area contributed by atoms with Crippen LogP contribution in [0.15, 0.2) is 28.7 Å². The predicted molar refractivity (Wildman–Crippen MR) is 86.2 cm³/mol. The largest absolute Gasteiger partial charge is 0.548 e. The van der Waals surface area contributed by atoms with E-state index in [1.54, 1.807) is 20.8 Å². The van der Waals surface area contributed by atoms with Crippen molar-refractivity contribution in [3.8, 4) is 0 Å². The molecule has 1 fully saturated rings. The Bertz CT molecular complexity index is 587. The maximum atomic E-state index is 12.4. The Morgan fingerprint density at radius 1 is 1.41 bits per heavy atom. The molecule has 1 aromatic rings. The highest BCUT2D eigenvalue weighted by Gasteiger charge is 2.41. The molecule has 5 nitrogen and oxygen atoms in total. The van der Waals surface area contributed by atoms with Crippen LogP contribution in [0.1, 0.15) is 31.7 Å². The molecule has 0 aliphatic carbocycles. The van der Waals surface area contributed by atoms with E-state index in [1.165, 1.54) is 16.7 Å². The highest BCUT2D eigenvalue weighted by Crippen LogP contribution is 2.42. The molecule has 0 saturated carbocycles. The van der Waals surface area contributed by atoms with Gasteiger partial charge in [-0.15, -0.1) is 11.8 Å². The van der Waals surface area contributed by atoms with Crippen LogP contribution in [-0.2, 0) is 9.53 Å². The monoisotopic (exact) mass is 386 g/mol. The number of rotatable bonds is 2. The van der Waals surface area contributed by atoms with Crippen molar-refractivity contribution in [3.63, 3.8) is 0 Å². The van der Waals surface area contributed by atoms with Crippen LogP contribution in [0.4, 0.5) is 4.79 Å². The van der Waals surface area contributed by atoms with E-state index < -0.39 is 29.1 Å². The molecule has 0 radical (unpaired) electrons. The summed E-state index contributed by atoms with van der Waals surface area (Å²) >= 11 is 4.77. The van der Waals surface area contributed by atoms with E-state index in [0.29, 0.717) is 0 Å². The van der Waals surface area contributed by atoms with E-state index in [9.17, 15) is 14.7 Å². The SMILES string of the molecule is CC(C)(C)OC(=O)N1[C@H](C(=O)[O-])CS[C@H]1c1cccc(Br)c1. The fourth-order valence-electron chi connectivity index (χ4n) is 2.14. The van der Waals surface area contributed by atoms with Gasteiger partial charge < -0.3 is 14.6 Å². The molecule has 0 aromatic heterocycles. The van der Waals surface area contributed by atoms with Gasteiger partial charge in [0.05, 0.1) is 12.0 Å². The van der Waals surface area contributed by atoms with Crippen LogP contribution in [0.5, 0.6) is 0 Å². The van der Waals surface area contributed by atoms with Crippen molar-refractivity contribution in [1.82, 2.24) is 4.90 Å². The number of nitrogens with zero attached hydrogens (tertiary/aromatic N) is 1. The van der Waals surface area contributed by atoms with Gasteiger partial charge in [-0.25, -0.2) is 4.79 Å². The van der Waals surface area contributed by atoms with Gasteiger partial charge >= 0.3 is 6.09 Å². The maximum Gasteiger partial charge on any atom is 0.412 e. The number of benzene rings is 1. The van der Waals surface area contributed by atoms with Gasteiger partial charge in [0, 0.05) is 10.2 Å². The van der Waals surface area contributed by atoms with Gasteiger partial charge in [0.25, 0.3) is 0 Å². The Hall–Kier alpha value is -1.21. The van der Waals surface area contributed by atoms with Crippen molar-refractivity contribution >= 4 is 39.8 Å². The van der Waals surface area contributed by atoms with Gasteiger partial charge in [0.1, 0.15) is 11.0 Å². The Labute approximate surface area is 142 Å². The van der Waals surface area contributed by atoms with E-state index >= 15 is 0 Å². The number of halogens is 1. The maximum absolute atomic E-state index is 12.4. The molecule has 1 saturated heterocycles. The number of carbonyl (C=O) groups excluding carboxylic acids is 2. The average Bonchev–Trinajstić information content (AvgIpc) is 2.81. The lowest BCUT2D eigenvalue weighted by Gasteiger charge is -2.32. The van der Waals surface area contributed by atoms with Crippen molar-refractivity contribution in [2.45, 2.75) is 37.8 Å². The molecule has 0 spiro atoms. The molecule has 1 aromatic carbocycles. The van der Waals surface area contributed by atoms with Crippen molar-refractivity contribution in [2.75, 3.05) is 5.75 Å². The first-order valence-electron chi connectivity index (χ1n) is 6.78. The number of hydrogen-bond donors (Lipinski definition) is 0. The summed E-state index contributed by atoms with van der Waals surface area (Å²) in [5.74, 6) is -0.991. The molecular weight excluding hydrogens is 370 g/mol. The zero-order valence-electron chi connectivity index (χ0n) is 12.5. The van der Waals surface area contributed by atoms with E-state index in [-0.39, 0.29) is 5.75 Å². The molecule has 1 aliphatic rings. The Morgan fingerprint density at radius 2 is 2.09 bits per heavy atom. The van der Waals surface area contributed by atoms with Crippen LogP contribution in [0.25, 0.3) is 0 Å². The minimum atomic E-state index is -1.27. The molecule has 22 heavy (non-hydrogen) atoms. The quantitative estimate of drug-likeness (QED) is 0.780. The summed E-state index contributed by atoms with van der Waals surface area (Å²) in [5, 5.41) is 10.9. The molecular formula is C15H17BrNO4S-. The second-order valence-electron chi connectivity index (χ2n) is 5.96. The number of carbonyl (C=O) groups is 2. The van der Waals surface area contributed by atoms with Crippen molar-refractivity contribution in [1.29, 1.82) is 0 Å². The van der Waals surface area contributed by atoms with Crippen LogP contribution >= 0.6 is 27.7 Å². The standard InChI is InChI=1S/C15H18BrNO4S/c1-15(2,3)21-14(20)17-11(13(18)19)8-22-12(17)9-5-4-6-10(16)7-9/h4-7,11-12H,8H2,1-3H3,(H,18,19)/p-1/t11-,12-/m0/s1. The minimum Gasteiger partial charge on any atom is -0.548 e. The van der Waals surface area contributed by atoms with Gasteiger partial charge in [-0.3, -0.25) is 4.90 Å². The van der Waals surface area contributed by atoms with Gasteiger partial charge in [-0.05, 0) is 38.5 Å². The first-order valence-corrected chi connectivity index (χ1v) is 8.62. The molecule has 2 atom stereocenters. The van der Waals surface area contributed by atoms with E-state index in [0.717, 1.165) is 10.0 Å². The number of amides is 1. The molecule has 0 bridgehead atoms. The van der Waals surface area contributed by atoms with Crippen LogP contribution in [0.2, 0.25) is 0 Å². The molecule has 1 heterocycles. The zero-order valence-corrected chi connectivity index (χ0v) is 14.9. The molecule has 1 aliphatic heterocycles. The molecule has 1 amide bonds. The van der Waals surface area contributed by atoms with Gasteiger partial charge in [-0.1, -0.05) is 28.1 Å². The van der Waals surface area contributed by atoms with E-state index in [4.69, 9.17) is 4.74 Å². The number of ether oxygens (including phenoxy) is 1. The van der Waals surface area contributed by atoms with E-state index in [2.05, 4.69) is 15.9 Å². The van der Waals surface area contributed by atoms with Crippen molar-refractivity contribution in [3.05, 3.63) is 34.3 Å². The second-order valence-corrected chi connectivity index (χ2v) is 7.99. The third-order valence-electron chi connectivity index (χ3n) is 3.01. The highest BCUT2D eigenvalue weighted by molar-refractivity contribution is 9.10. The third-order valence-corrected chi connectivity index (χ3v) is 4.83. The number of thioether (sulfide) groups is 1. The van der Waals surface area contributed by atoms with Crippen molar-refractivity contribution in [2.24, 2.45) is 0 Å². The minimum absolute atomic E-state index is 0.277. The third kappa shape index (κ3) is 3.95. The highest BCUT2D eigenvalue weighted by atomic mass is 79.9. The molecule has 0 N–H and O–H groups in total. The molecule has 120 valence electrons. The van der Waals surface area contributed by atoms with Crippen LogP contribution in [0, 0.1) is 0 Å². The van der Waals surface area contributed by atoms with Crippen molar-refractivity contribution < 1.29 is 19.4 Å². The number of hydrogen-bond acceptors (Lipinski definition) is 5. The van der Waals surface area contributed by atoms with Crippen LogP contribution in [0.3, 0.4) is 0 Å². The number of aliphatic carboxylic acids is 1. The summed E-state index contributed by atoms with van der Waals surface area (Å²) in [7, 11) is 0. The molecule has 7 heteroatoms. The van der Waals surface area contributed by atoms with E-state index in [1.807, 2.05) is 24.3 Å². The first-order chi connectivity index (χ1) is 10.2. The summed E-state index contributed by atoms with van der Waals surface area (Å²) in [6, 6.07) is 6.45. The van der Waals surface area contributed by atoms with Crippen LogP contribution in [-0.4, -0.2) is 34.4 Å². The summed E-state index contributed by atoms with van der Waals surface area (Å²) in [4.78, 5) is 25.0. The smallest absolute Gasteiger partial charge is 0.412 e. The molecule has 0 unspecified atom stereocenters. The Morgan fingerprint density at radius 3 is 2.64 bits per heavy atom. The normalized spacial score (nSPS) is 21.7. The summed E-state index contributed by atoms with van der Waals surface area (Å²) in [6.45, 7) is 5.24. The zero-order chi connectivity index (χ0) is 16.5. The number of carboxylic acids is 1. The fraction of sp³-hybridized carbons (Fsp3) is 0.467. The summed E-state index contributed by atoms with van der Waals surface area (Å²) in [6.07, 6.45) is -0.642. The second kappa shape index (κ2) is 6.50. The van der Waals surface area contributed by atoms with Gasteiger partial charge in [0.15, 0.2) is 0 Å². The van der Waals surface area contributed by atoms with Gasteiger partial charge in [-0.2, -0.15) is 0 Å². The lowest BCUT2D eigenvalue weighted by Crippen LogP contribution is -2.50. The molecule has 2 rings (SSSR count). The first kappa shape index (κ1) is 17.1. The predicted octanol–water partition coefficient (Wildman–Crippen LogP) is 2.55. The lowest BCUT2D eigenvalue weighted by molar-refractivity contribution is -0.310. The topological polar surface area (TPSA) is 69.7 Å². The Kier molecular flexibility index (Phi) is 5.07.